The zero-order chi connectivity index (χ0) is 14.5. The number of nitrogens with one attached hydrogen (secondary N) is 1. The van der Waals surface area contributed by atoms with E-state index in [0.29, 0.717) is 27.8 Å². The van der Waals surface area contributed by atoms with E-state index in [1.54, 1.807) is 36.5 Å². The molecule has 2 aromatic rings. The highest BCUT2D eigenvalue weighted by molar-refractivity contribution is 6.34. The van der Waals surface area contributed by atoms with Crippen molar-refractivity contribution in [2.75, 3.05) is 19.5 Å². The zero-order valence-corrected chi connectivity index (χ0v) is 11.8. The van der Waals surface area contributed by atoms with Gasteiger partial charge in [0.05, 0.1) is 19.9 Å². The molecule has 2 rings (SSSR count). The summed E-state index contributed by atoms with van der Waals surface area (Å²) in [6, 6.07) is 8.57. The van der Waals surface area contributed by atoms with Gasteiger partial charge in [0.1, 0.15) is 22.2 Å². The first-order valence-electron chi connectivity index (χ1n) is 5.80. The molecule has 0 atom stereocenters. The van der Waals surface area contributed by atoms with Gasteiger partial charge in [-0.15, -0.1) is 0 Å². The van der Waals surface area contributed by atoms with Crippen LogP contribution in [0.1, 0.15) is 10.4 Å². The molecule has 1 aromatic carbocycles. The van der Waals surface area contributed by atoms with E-state index in [-0.39, 0.29) is 0 Å². The summed E-state index contributed by atoms with van der Waals surface area (Å²) < 4.78 is 9.85. The lowest BCUT2D eigenvalue weighted by atomic mass is 10.2. The van der Waals surface area contributed by atoms with Crippen molar-refractivity contribution in [2.24, 2.45) is 0 Å². The van der Waals surface area contributed by atoms with Gasteiger partial charge in [-0.1, -0.05) is 17.7 Å². The molecular weight excluding hydrogens is 280 g/mol. The van der Waals surface area contributed by atoms with Crippen LogP contribution in [0.2, 0.25) is 5.02 Å². The molecule has 0 saturated carbocycles. The predicted octanol–water partition coefficient (Wildman–Crippen LogP) is 3.27. The maximum atomic E-state index is 11.7. The molecule has 0 spiro atoms. The number of rotatable bonds is 4. The number of hydrogen-bond acceptors (Lipinski definition) is 5. The molecule has 1 aromatic heterocycles. The van der Waals surface area contributed by atoms with E-state index in [4.69, 9.17) is 21.1 Å². The Balaban J connectivity index is 2.38. The lowest BCUT2D eigenvalue weighted by Crippen LogP contribution is -2.07. The average Bonchev–Trinajstić information content (AvgIpc) is 2.49. The fraction of sp³-hybridized carbons (Fsp3) is 0.143. The van der Waals surface area contributed by atoms with Gasteiger partial charge in [-0.25, -0.2) is 9.78 Å². The molecule has 6 heteroatoms. The summed E-state index contributed by atoms with van der Waals surface area (Å²) in [6.45, 7) is 0. The van der Waals surface area contributed by atoms with Gasteiger partial charge in [-0.2, -0.15) is 0 Å². The highest BCUT2D eigenvalue weighted by atomic mass is 35.5. The van der Waals surface area contributed by atoms with Crippen molar-refractivity contribution in [1.82, 2.24) is 4.98 Å². The highest BCUT2D eigenvalue weighted by Crippen LogP contribution is 2.33. The monoisotopic (exact) mass is 292 g/mol. The fourth-order valence-electron chi connectivity index (χ4n) is 1.67. The summed E-state index contributed by atoms with van der Waals surface area (Å²) in [4.78, 5) is 15.8. The quantitative estimate of drug-likeness (QED) is 0.876. The van der Waals surface area contributed by atoms with Gasteiger partial charge in [0.2, 0.25) is 0 Å². The van der Waals surface area contributed by atoms with Crippen molar-refractivity contribution in [2.45, 2.75) is 0 Å². The maximum Gasteiger partial charge on any atom is 0.341 e. The van der Waals surface area contributed by atoms with Crippen LogP contribution in [-0.4, -0.2) is 25.2 Å². The van der Waals surface area contributed by atoms with Gasteiger partial charge in [0.25, 0.3) is 0 Å². The molecule has 0 aliphatic carbocycles. The maximum absolute atomic E-state index is 11.7. The normalized spacial score (nSPS) is 9.95. The number of halogens is 1. The van der Waals surface area contributed by atoms with Crippen LogP contribution in [0, 0.1) is 0 Å². The molecule has 5 nitrogen and oxygen atoms in total. The topological polar surface area (TPSA) is 60.5 Å². The summed E-state index contributed by atoms with van der Waals surface area (Å²) in [5, 5.41) is 3.42. The van der Waals surface area contributed by atoms with Crippen LogP contribution in [0.25, 0.3) is 0 Å². The van der Waals surface area contributed by atoms with Crippen molar-refractivity contribution < 1.29 is 14.3 Å². The number of pyridine rings is 1. The number of ether oxygens (including phenoxy) is 2. The summed E-state index contributed by atoms with van der Waals surface area (Å²) in [5.74, 6) is 0.432. The van der Waals surface area contributed by atoms with Crippen molar-refractivity contribution in [3.8, 4) is 5.75 Å². The lowest BCUT2D eigenvalue weighted by molar-refractivity contribution is 0.0601. The van der Waals surface area contributed by atoms with Crippen LogP contribution >= 0.6 is 11.6 Å². The minimum absolute atomic E-state index is 0.328. The average molecular weight is 293 g/mol. The first-order valence-corrected chi connectivity index (χ1v) is 6.18. The van der Waals surface area contributed by atoms with Crippen molar-refractivity contribution in [1.29, 1.82) is 0 Å². The molecule has 0 amide bonds. The molecule has 0 aliphatic heterocycles. The third-order valence-corrected chi connectivity index (χ3v) is 3.04. The van der Waals surface area contributed by atoms with Gasteiger partial charge < -0.3 is 14.8 Å². The smallest absolute Gasteiger partial charge is 0.341 e. The van der Waals surface area contributed by atoms with E-state index in [9.17, 15) is 4.79 Å². The molecule has 104 valence electrons. The second-order valence-corrected chi connectivity index (χ2v) is 4.22. The molecule has 0 fully saturated rings. The zero-order valence-electron chi connectivity index (χ0n) is 11.0. The van der Waals surface area contributed by atoms with Crippen LogP contribution in [0.5, 0.6) is 5.75 Å². The van der Waals surface area contributed by atoms with E-state index in [1.165, 1.54) is 14.2 Å². The van der Waals surface area contributed by atoms with E-state index in [0.717, 1.165) is 0 Å². The van der Waals surface area contributed by atoms with Crippen molar-refractivity contribution >= 4 is 29.1 Å². The molecule has 20 heavy (non-hydrogen) atoms. The molecule has 0 unspecified atom stereocenters. The fourth-order valence-corrected chi connectivity index (χ4v) is 1.92. The number of methoxy groups -OCH3 is 2. The van der Waals surface area contributed by atoms with Gasteiger partial charge in [0.15, 0.2) is 0 Å². The van der Waals surface area contributed by atoms with Crippen molar-refractivity contribution in [3.05, 3.63) is 47.1 Å². The van der Waals surface area contributed by atoms with Crippen molar-refractivity contribution in [3.63, 3.8) is 0 Å². The Morgan fingerprint density at radius 3 is 2.75 bits per heavy atom. The molecular formula is C14H13ClN2O3. The molecule has 0 bridgehead atoms. The Hall–Kier alpha value is -2.27. The van der Waals surface area contributed by atoms with Gasteiger partial charge >= 0.3 is 5.97 Å². The third kappa shape index (κ3) is 2.83. The van der Waals surface area contributed by atoms with Gasteiger partial charge in [0, 0.05) is 6.20 Å². The second kappa shape index (κ2) is 6.25. The number of aromatic nitrogens is 1. The Morgan fingerprint density at radius 2 is 2.05 bits per heavy atom. The number of benzene rings is 1. The second-order valence-electron chi connectivity index (χ2n) is 3.84. The Morgan fingerprint density at radius 1 is 1.25 bits per heavy atom. The number of carbonyl (C=O) groups is 1. The molecule has 1 N–H and O–H groups in total. The number of nitrogens with zero attached hydrogens (tertiary/aromatic N) is 1. The Bertz CT molecular complexity index is 632. The molecule has 0 radical (unpaired) electrons. The van der Waals surface area contributed by atoms with Crippen LogP contribution < -0.4 is 10.1 Å². The Kier molecular flexibility index (Phi) is 4.42. The first kappa shape index (κ1) is 14.1. The standard InChI is InChI=1S/C14H13ClN2O3/c1-19-11-7-3-6-10(12(11)15)17-13-9(14(18)20-2)5-4-8-16-13/h3-8H,1-2H3,(H,16,17). The summed E-state index contributed by atoms with van der Waals surface area (Å²) >= 11 is 6.19. The number of esters is 1. The molecule has 0 saturated heterocycles. The van der Waals surface area contributed by atoms with E-state index < -0.39 is 5.97 Å². The number of anilines is 2. The van der Waals surface area contributed by atoms with Gasteiger partial charge in [-0.3, -0.25) is 0 Å². The lowest BCUT2D eigenvalue weighted by Gasteiger charge is -2.12. The summed E-state index contributed by atoms with van der Waals surface area (Å²) in [6.07, 6.45) is 1.57. The molecule has 0 aliphatic rings. The van der Waals surface area contributed by atoms with Crippen LogP contribution in [0.15, 0.2) is 36.5 Å². The van der Waals surface area contributed by atoms with E-state index >= 15 is 0 Å². The van der Waals surface area contributed by atoms with Gasteiger partial charge in [-0.05, 0) is 24.3 Å². The molecule has 1 heterocycles. The van der Waals surface area contributed by atoms with Crippen LogP contribution in [0.4, 0.5) is 11.5 Å². The minimum atomic E-state index is -0.473. The van der Waals surface area contributed by atoms with Crippen LogP contribution in [0.3, 0.4) is 0 Å². The highest BCUT2D eigenvalue weighted by Gasteiger charge is 2.14. The first-order chi connectivity index (χ1) is 9.67. The number of carbonyl (C=O) groups excluding carboxylic acids is 1. The predicted molar refractivity (Wildman–Crippen MR) is 76.9 cm³/mol. The minimum Gasteiger partial charge on any atom is -0.495 e. The largest absolute Gasteiger partial charge is 0.495 e. The SMILES string of the molecule is COC(=O)c1cccnc1Nc1cccc(OC)c1Cl. The third-order valence-electron chi connectivity index (χ3n) is 2.65. The van der Waals surface area contributed by atoms with Crippen LogP contribution in [-0.2, 0) is 4.74 Å². The van der Waals surface area contributed by atoms with E-state index in [2.05, 4.69) is 10.3 Å². The number of hydrogen-bond donors (Lipinski definition) is 1. The Labute approximate surface area is 121 Å². The summed E-state index contributed by atoms with van der Waals surface area (Å²) in [7, 11) is 2.85. The van der Waals surface area contributed by atoms with E-state index in [1.807, 2.05) is 0 Å². The summed E-state index contributed by atoms with van der Waals surface area (Å²) in [5.41, 5.74) is 0.920.